The molecule has 1 aliphatic heterocycles. The molecule has 1 saturated heterocycles. The van der Waals surface area contributed by atoms with Crippen molar-refractivity contribution < 1.29 is 14.7 Å². The molecule has 30 heavy (non-hydrogen) atoms. The van der Waals surface area contributed by atoms with Gasteiger partial charge in [-0.3, -0.25) is 19.0 Å². The molecule has 2 amide bonds. The number of pyridine rings is 1. The van der Waals surface area contributed by atoms with Crippen molar-refractivity contribution in [2.45, 2.75) is 39.2 Å². The summed E-state index contributed by atoms with van der Waals surface area (Å²) in [6.45, 7) is 4.49. The van der Waals surface area contributed by atoms with Gasteiger partial charge in [-0.2, -0.15) is 0 Å². The lowest BCUT2D eigenvalue weighted by atomic mass is 9.81. The Kier molecular flexibility index (Phi) is 5.79. The number of benzene rings is 1. The average Bonchev–Trinajstić information content (AvgIpc) is 2.76. The summed E-state index contributed by atoms with van der Waals surface area (Å²) in [5.74, 6) is 0.581. The highest BCUT2D eigenvalue weighted by Crippen LogP contribution is 2.32. The van der Waals surface area contributed by atoms with Gasteiger partial charge in [0.25, 0.3) is 5.56 Å². The smallest absolute Gasteiger partial charge is 0.253 e. The monoisotopic (exact) mass is 411 g/mol. The van der Waals surface area contributed by atoms with Gasteiger partial charge >= 0.3 is 0 Å². The van der Waals surface area contributed by atoms with Crippen molar-refractivity contribution in [2.24, 2.45) is 11.8 Å². The number of hydrogen-bond donors (Lipinski definition) is 1. The van der Waals surface area contributed by atoms with Crippen LogP contribution >= 0.6 is 0 Å². The van der Waals surface area contributed by atoms with Crippen LogP contribution in [-0.4, -0.2) is 57.5 Å². The first-order chi connectivity index (χ1) is 14.4. The van der Waals surface area contributed by atoms with Gasteiger partial charge in [-0.05, 0) is 43.1 Å². The lowest BCUT2D eigenvalue weighted by Gasteiger charge is -2.37. The third kappa shape index (κ3) is 4.06. The van der Waals surface area contributed by atoms with Gasteiger partial charge in [0, 0.05) is 57.0 Å². The van der Waals surface area contributed by atoms with E-state index in [9.17, 15) is 19.5 Å². The molecule has 7 nitrogen and oxygen atoms in total. The van der Waals surface area contributed by atoms with E-state index in [1.54, 1.807) is 17.9 Å². The summed E-state index contributed by atoms with van der Waals surface area (Å²) in [5, 5.41) is 12.0. The van der Waals surface area contributed by atoms with E-state index >= 15 is 0 Å². The Morgan fingerprint density at radius 3 is 2.30 bits per heavy atom. The molecular formula is C23H29N3O4. The van der Waals surface area contributed by atoms with Gasteiger partial charge in [-0.25, -0.2) is 0 Å². The van der Waals surface area contributed by atoms with Crippen LogP contribution in [0.2, 0.25) is 0 Å². The zero-order valence-electron chi connectivity index (χ0n) is 17.4. The number of aromatic nitrogens is 1. The van der Waals surface area contributed by atoms with E-state index < -0.39 is 0 Å². The number of hydrogen-bond acceptors (Lipinski definition) is 4. The fourth-order valence-electron chi connectivity index (χ4n) is 4.81. The molecule has 2 fully saturated rings. The molecule has 0 spiro atoms. The number of carbonyl (C=O) groups is 2. The van der Waals surface area contributed by atoms with Crippen molar-refractivity contribution in [1.82, 2.24) is 14.4 Å². The largest absolute Gasteiger partial charge is 0.494 e. The Morgan fingerprint density at radius 1 is 1.00 bits per heavy atom. The molecule has 160 valence electrons. The van der Waals surface area contributed by atoms with E-state index in [-0.39, 0.29) is 35.1 Å². The molecule has 7 heteroatoms. The Balaban J connectivity index is 1.35. The van der Waals surface area contributed by atoms with Crippen LogP contribution in [0.5, 0.6) is 5.88 Å². The summed E-state index contributed by atoms with van der Waals surface area (Å²) in [7, 11) is 0. The number of rotatable bonds is 3. The molecule has 4 rings (SSSR count). The molecule has 2 aromatic rings. The number of piperazine rings is 1. The SMILES string of the molecule is CC(=O)N1CCN(C(=O)C2CCC(Cn3c(O)c4ccccc4cc3=O)CC2)CC1. The fraction of sp³-hybridized carbons (Fsp3) is 0.522. The quantitative estimate of drug-likeness (QED) is 0.839. The normalized spacial score (nSPS) is 22.3. The third-order valence-electron chi connectivity index (χ3n) is 6.68. The second kappa shape index (κ2) is 8.50. The highest BCUT2D eigenvalue weighted by atomic mass is 16.3. The van der Waals surface area contributed by atoms with Gasteiger partial charge in [0.05, 0.1) is 0 Å². The van der Waals surface area contributed by atoms with Crippen molar-refractivity contribution in [3.05, 3.63) is 40.7 Å². The van der Waals surface area contributed by atoms with Gasteiger partial charge < -0.3 is 14.9 Å². The van der Waals surface area contributed by atoms with Crippen LogP contribution in [0, 0.1) is 11.8 Å². The van der Waals surface area contributed by atoms with Crippen molar-refractivity contribution in [3.63, 3.8) is 0 Å². The lowest BCUT2D eigenvalue weighted by molar-refractivity contribution is -0.142. The van der Waals surface area contributed by atoms with E-state index in [0.29, 0.717) is 38.1 Å². The standard InChI is InChI=1S/C23H29N3O4/c1-16(27)24-10-12-25(13-11-24)22(29)18-8-6-17(7-9-18)15-26-21(28)14-19-4-2-3-5-20(19)23(26)30/h2-5,14,17-18,30H,6-13,15H2,1H3. The molecule has 0 unspecified atom stereocenters. The summed E-state index contributed by atoms with van der Waals surface area (Å²) >= 11 is 0. The van der Waals surface area contributed by atoms with Crippen LogP contribution in [-0.2, 0) is 16.1 Å². The third-order valence-corrected chi connectivity index (χ3v) is 6.68. The minimum atomic E-state index is -0.187. The maximum Gasteiger partial charge on any atom is 0.253 e. The number of fused-ring (bicyclic) bond motifs is 1. The van der Waals surface area contributed by atoms with E-state index in [2.05, 4.69) is 0 Å². The molecule has 1 aromatic heterocycles. The lowest BCUT2D eigenvalue weighted by Crippen LogP contribution is -2.51. The van der Waals surface area contributed by atoms with Gasteiger partial charge in [0.2, 0.25) is 17.7 Å². The molecule has 1 aliphatic carbocycles. The fourth-order valence-corrected chi connectivity index (χ4v) is 4.81. The Labute approximate surface area is 175 Å². The molecule has 0 bridgehead atoms. The van der Waals surface area contributed by atoms with E-state index in [1.807, 2.05) is 29.2 Å². The highest BCUT2D eigenvalue weighted by molar-refractivity contribution is 5.86. The molecule has 1 N–H and O–H groups in total. The second-order valence-corrected chi connectivity index (χ2v) is 8.55. The topological polar surface area (TPSA) is 82.8 Å². The van der Waals surface area contributed by atoms with Crippen LogP contribution < -0.4 is 5.56 Å². The Hall–Kier alpha value is -2.83. The van der Waals surface area contributed by atoms with Crippen LogP contribution in [0.1, 0.15) is 32.6 Å². The molecule has 0 radical (unpaired) electrons. The minimum Gasteiger partial charge on any atom is -0.494 e. The summed E-state index contributed by atoms with van der Waals surface area (Å²) in [6, 6.07) is 8.93. The predicted molar refractivity (Wildman–Crippen MR) is 114 cm³/mol. The molecule has 2 aliphatic rings. The van der Waals surface area contributed by atoms with E-state index in [0.717, 1.165) is 31.1 Å². The van der Waals surface area contributed by atoms with Crippen molar-refractivity contribution in [3.8, 4) is 5.88 Å². The van der Waals surface area contributed by atoms with E-state index in [4.69, 9.17) is 0 Å². The van der Waals surface area contributed by atoms with Gasteiger partial charge in [-0.15, -0.1) is 0 Å². The first-order valence-electron chi connectivity index (χ1n) is 10.8. The average molecular weight is 412 g/mol. The van der Waals surface area contributed by atoms with Crippen LogP contribution in [0.25, 0.3) is 10.8 Å². The molecule has 1 aromatic carbocycles. The summed E-state index contributed by atoms with van der Waals surface area (Å²) < 4.78 is 1.47. The molecule has 2 heterocycles. The maximum absolute atomic E-state index is 12.9. The van der Waals surface area contributed by atoms with Gasteiger partial charge in [0.15, 0.2) is 0 Å². The Bertz CT molecular complexity index is 999. The number of aromatic hydroxyl groups is 1. The number of carbonyl (C=O) groups excluding carboxylic acids is 2. The maximum atomic E-state index is 12.9. The van der Waals surface area contributed by atoms with Gasteiger partial charge in [0.1, 0.15) is 0 Å². The van der Waals surface area contributed by atoms with Crippen LogP contribution in [0.15, 0.2) is 35.1 Å². The number of amides is 2. The van der Waals surface area contributed by atoms with Crippen molar-refractivity contribution >= 4 is 22.6 Å². The predicted octanol–water partition coefficient (Wildman–Crippen LogP) is 2.20. The highest BCUT2D eigenvalue weighted by Gasteiger charge is 2.31. The first kappa shape index (κ1) is 20.4. The minimum absolute atomic E-state index is 0.0204. The van der Waals surface area contributed by atoms with Crippen molar-refractivity contribution in [1.29, 1.82) is 0 Å². The van der Waals surface area contributed by atoms with Crippen LogP contribution in [0.4, 0.5) is 0 Å². The molecular weight excluding hydrogens is 382 g/mol. The summed E-state index contributed by atoms with van der Waals surface area (Å²) in [6.07, 6.45) is 3.34. The zero-order valence-corrected chi connectivity index (χ0v) is 17.4. The zero-order chi connectivity index (χ0) is 21.3. The van der Waals surface area contributed by atoms with E-state index in [1.165, 1.54) is 4.57 Å². The summed E-state index contributed by atoms with van der Waals surface area (Å²) in [5.41, 5.74) is -0.187. The molecule has 0 atom stereocenters. The summed E-state index contributed by atoms with van der Waals surface area (Å²) in [4.78, 5) is 40.5. The molecule has 1 saturated carbocycles. The van der Waals surface area contributed by atoms with Crippen molar-refractivity contribution in [2.75, 3.05) is 26.2 Å². The second-order valence-electron chi connectivity index (χ2n) is 8.55. The Morgan fingerprint density at radius 2 is 1.63 bits per heavy atom. The number of nitrogens with zero attached hydrogens (tertiary/aromatic N) is 3. The first-order valence-corrected chi connectivity index (χ1v) is 10.8. The van der Waals surface area contributed by atoms with Crippen LogP contribution in [0.3, 0.4) is 0 Å². The van der Waals surface area contributed by atoms with Gasteiger partial charge in [-0.1, -0.05) is 18.2 Å².